The van der Waals surface area contributed by atoms with Crippen LogP contribution in [0.25, 0.3) is 16.8 Å². The first-order valence-electron chi connectivity index (χ1n) is 8.27. The number of aryl methyl sites for hydroxylation is 1. The van der Waals surface area contributed by atoms with Crippen molar-refractivity contribution in [2.75, 3.05) is 6.61 Å². The number of carbonyl (C=O) groups is 1. The fourth-order valence-corrected chi connectivity index (χ4v) is 3.34. The zero-order chi connectivity index (χ0) is 17.4. The third-order valence-electron chi connectivity index (χ3n) is 4.61. The lowest BCUT2D eigenvalue weighted by atomic mass is 9.88. The molecule has 1 N–H and O–H groups in total. The number of hydrogen-bond donors (Lipinski definition) is 1. The van der Waals surface area contributed by atoms with Crippen molar-refractivity contribution in [3.05, 3.63) is 82.4 Å². The molecule has 0 saturated heterocycles. The Bertz CT molecular complexity index is 1010. The third kappa shape index (κ3) is 2.73. The fourth-order valence-electron chi connectivity index (χ4n) is 3.34. The molecule has 3 aromatic rings. The molecular formula is C22H18O3. The molecule has 1 aliphatic carbocycles. The van der Waals surface area contributed by atoms with E-state index in [0.29, 0.717) is 5.57 Å². The number of ether oxygens (including phenoxy) is 1. The Labute approximate surface area is 146 Å². The van der Waals surface area contributed by atoms with Crippen LogP contribution in [-0.4, -0.2) is 17.5 Å². The fraction of sp³-hybridized carbons (Fsp3) is 0.136. The molecule has 124 valence electrons. The minimum atomic E-state index is 0.00550. The Kier molecular flexibility index (Phi) is 3.86. The van der Waals surface area contributed by atoms with Gasteiger partial charge < -0.3 is 9.84 Å². The largest absolute Gasteiger partial charge is 0.488 e. The van der Waals surface area contributed by atoms with Crippen molar-refractivity contribution in [3.8, 4) is 5.75 Å². The van der Waals surface area contributed by atoms with Crippen LogP contribution in [-0.2, 0) is 6.61 Å². The van der Waals surface area contributed by atoms with Gasteiger partial charge in [-0.25, -0.2) is 0 Å². The van der Waals surface area contributed by atoms with Crippen LogP contribution in [0.1, 0.15) is 27.0 Å². The van der Waals surface area contributed by atoms with Gasteiger partial charge in [0.1, 0.15) is 12.4 Å². The molecule has 0 heterocycles. The molecule has 0 unspecified atom stereocenters. The van der Waals surface area contributed by atoms with Gasteiger partial charge in [-0.05, 0) is 41.1 Å². The second kappa shape index (κ2) is 6.19. The summed E-state index contributed by atoms with van der Waals surface area (Å²) in [6.45, 7) is 2.16. The Morgan fingerprint density at radius 3 is 2.60 bits per heavy atom. The highest BCUT2D eigenvalue weighted by atomic mass is 16.5. The van der Waals surface area contributed by atoms with Gasteiger partial charge in [-0.15, -0.1) is 0 Å². The number of carbonyl (C=O) groups excluding carboxylic acids is 1. The first-order valence-corrected chi connectivity index (χ1v) is 8.27. The predicted octanol–water partition coefficient (Wildman–Crippen LogP) is 4.30. The molecule has 3 nitrogen and oxygen atoms in total. The summed E-state index contributed by atoms with van der Waals surface area (Å²) in [5.41, 5.74) is 4.23. The Balaban J connectivity index is 1.65. The number of Topliss-reactive ketones (excluding diaryl/α,β-unsaturated/α-hetero) is 1. The predicted molar refractivity (Wildman–Crippen MR) is 98.9 cm³/mol. The van der Waals surface area contributed by atoms with E-state index in [-0.39, 0.29) is 19.0 Å². The van der Waals surface area contributed by atoms with Crippen molar-refractivity contribution >= 4 is 22.6 Å². The lowest BCUT2D eigenvalue weighted by molar-refractivity contribution is 0.102. The zero-order valence-corrected chi connectivity index (χ0v) is 14.0. The van der Waals surface area contributed by atoms with Crippen LogP contribution in [0, 0.1) is 6.92 Å². The van der Waals surface area contributed by atoms with E-state index < -0.39 is 0 Å². The van der Waals surface area contributed by atoms with Gasteiger partial charge in [-0.3, -0.25) is 4.79 Å². The summed E-state index contributed by atoms with van der Waals surface area (Å²) in [6.07, 6.45) is 1.93. The summed E-state index contributed by atoms with van der Waals surface area (Å²) < 4.78 is 5.89. The van der Waals surface area contributed by atoms with E-state index >= 15 is 0 Å². The van der Waals surface area contributed by atoms with Crippen LogP contribution in [0.5, 0.6) is 5.75 Å². The summed E-state index contributed by atoms with van der Waals surface area (Å²) in [6, 6.07) is 17.4. The van der Waals surface area contributed by atoms with Crippen molar-refractivity contribution in [2.45, 2.75) is 13.5 Å². The molecule has 0 atom stereocenters. The standard InChI is InChI=1S/C22H18O3/c1-14-10-15(12-23)8-9-20(14)25-13-18-11-17-6-2-4-16-5-3-7-19(21(16)17)22(18)24/h2-11,23H,12-13H2,1H3. The van der Waals surface area contributed by atoms with Crippen molar-refractivity contribution in [3.63, 3.8) is 0 Å². The van der Waals surface area contributed by atoms with Crippen LogP contribution >= 0.6 is 0 Å². The minimum Gasteiger partial charge on any atom is -0.488 e. The van der Waals surface area contributed by atoms with Crippen LogP contribution in [0.3, 0.4) is 0 Å². The van der Waals surface area contributed by atoms with E-state index in [4.69, 9.17) is 4.74 Å². The molecule has 0 amide bonds. The maximum absolute atomic E-state index is 12.8. The molecule has 0 bridgehead atoms. The van der Waals surface area contributed by atoms with Crippen molar-refractivity contribution in [1.29, 1.82) is 0 Å². The van der Waals surface area contributed by atoms with Crippen molar-refractivity contribution < 1.29 is 14.6 Å². The second-order valence-electron chi connectivity index (χ2n) is 6.30. The second-order valence-corrected chi connectivity index (χ2v) is 6.30. The maximum atomic E-state index is 12.8. The summed E-state index contributed by atoms with van der Waals surface area (Å²) in [7, 11) is 0. The molecule has 3 aromatic carbocycles. The molecule has 0 aliphatic heterocycles. The molecule has 4 rings (SSSR count). The lowest BCUT2D eigenvalue weighted by Crippen LogP contribution is -2.15. The summed E-state index contributed by atoms with van der Waals surface area (Å²) in [4.78, 5) is 12.8. The molecule has 0 spiro atoms. The summed E-state index contributed by atoms with van der Waals surface area (Å²) in [5, 5.41) is 11.3. The van der Waals surface area contributed by atoms with E-state index in [1.165, 1.54) is 0 Å². The molecule has 0 saturated carbocycles. The van der Waals surface area contributed by atoms with Gasteiger partial charge in [0.2, 0.25) is 0 Å². The normalized spacial score (nSPS) is 13.0. The monoisotopic (exact) mass is 330 g/mol. The number of rotatable bonds is 4. The number of benzene rings is 3. The lowest BCUT2D eigenvalue weighted by Gasteiger charge is -2.18. The Hall–Kier alpha value is -2.91. The molecule has 25 heavy (non-hydrogen) atoms. The van der Waals surface area contributed by atoms with Gasteiger partial charge >= 0.3 is 0 Å². The van der Waals surface area contributed by atoms with Gasteiger partial charge in [-0.2, -0.15) is 0 Å². The van der Waals surface area contributed by atoms with Gasteiger partial charge in [0.25, 0.3) is 0 Å². The SMILES string of the molecule is Cc1cc(CO)ccc1OCC1=Cc2cccc3cccc(c23)C1=O. The van der Waals surface area contributed by atoms with Crippen LogP contribution < -0.4 is 4.74 Å². The van der Waals surface area contributed by atoms with Crippen LogP contribution in [0.4, 0.5) is 0 Å². The molecule has 1 aliphatic rings. The van der Waals surface area contributed by atoms with Gasteiger partial charge in [0.05, 0.1) is 6.61 Å². The average Bonchev–Trinajstić information content (AvgIpc) is 2.64. The smallest absolute Gasteiger partial charge is 0.193 e. The highest BCUT2D eigenvalue weighted by Crippen LogP contribution is 2.31. The summed E-state index contributed by atoms with van der Waals surface area (Å²) in [5.74, 6) is 0.747. The minimum absolute atomic E-state index is 0.00550. The maximum Gasteiger partial charge on any atom is 0.193 e. The van der Waals surface area contributed by atoms with Gasteiger partial charge in [-0.1, -0.05) is 48.5 Å². The van der Waals surface area contributed by atoms with E-state index in [1.54, 1.807) is 0 Å². The zero-order valence-electron chi connectivity index (χ0n) is 14.0. The number of aliphatic hydroxyl groups is 1. The van der Waals surface area contributed by atoms with E-state index in [2.05, 4.69) is 0 Å². The van der Waals surface area contributed by atoms with E-state index in [0.717, 1.165) is 38.8 Å². The van der Waals surface area contributed by atoms with Crippen molar-refractivity contribution in [1.82, 2.24) is 0 Å². The number of hydrogen-bond acceptors (Lipinski definition) is 3. The molecule has 0 radical (unpaired) electrons. The van der Waals surface area contributed by atoms with Gasteiger partial charge in [0, 0.05) is 16.5 Å². The molecule has 3 heteroatoms. The average molecular weight is 330 g/mol. The first kappa shape index (κ1) is 15.6. The topological polar surface area (TPSA) is 46.5 Å². The molecule has 0 aromatic heterocycles. The highest BCUT2D eigenvalue weighted by molar-refractivity contribution is 6.22. The number of aliphatic hydroxyl groups excluding tert-OH is 1. The van der Waals surface area contributed by atoms with Crippen LogP contribution in [0.2, 0.25) is 0 Å². The number of ketones is 1. The Morgan fingerprint density at radius 1 is 1.04 bits per heavy atom. The van der Waals surface area contributed by atoms with Crippen LogP contribution in [0.15, 0.2) is 60.2 Å². The highest BCUT2D eigenvalue weighted by Gasteiger charge is 2.22. The van der Waals surface area contributed by atoms with E-state index in [1.807, 2.05) is 67.6 Å². The first-order chi connectivity index (χ1) is 12.2. The van der Waals surface area contributed by atoms with Gasteiger partial charge in [0.15, 0.2) is 5.78 Å². The van der Waals surface area contributed by atoms with Crippen molar-refractivity contribution in [2.24, 2.45) is 0 Å². The Morgan fingerprint density at radius 2 is 1.84 bits per heavy atom. The third-order valence-corrected chi connectivity index (χ3v) is 4.61. The quantitative estimate of drug-likeness (QED) is 0.776. The summed E-state index contributed by atoms with van der Waals surface area (Å²) >= 11 is 0. The molecule has 0 fully saturated rings. The molecular weight excluding hydrogens is 312 g/mol. The van der Waals surface area contributed by atoms with E-state index in [9.17, 15) is 9.90 Å².